The average Bonchev–Trinajstić information content (AvgIpc) is 2.81. The predicted octanol–water partition coefficient (Wildman–Crippen LogP) is 4.65. The fourth-order valence-corrected chi connectivity index (χ4v) is 4.70. The minimum Gasteiger partial charge on any atom is -0.391 e. The zero-order chi connectivity index (χ0) is 21.4. The van der Waals surface area contributed by atoms with Crippen LogP contribution in [0.25, 0.3) is 27.9 Å². The van der Waals surface area contributed by atoms with Crippen molar-refractivity contribution in [2.75, 3.05) is 0 Å². The summed E-state index contributed by atoms with van der Waals surface area (Å²) in [7, 11) is 0. The fraction of sp³-hybridized carbons (Fsp3) is 0.269. The second kappa shape index (κ2) is 8.08. The molecule has 5 rings (SSSR count). The lowest BCUT2D eigenvalue weighted by molar-refractivity contribution is 0.0735. The number of aliphatic hydroxyl groups is 1. The molecule has 0 saturated heterocycles. The molecule has 2 heterocycles. The van der Waals surface area contributed by atoms with Gasteiger partial charge in [0, 0.05) is 11.6 Å². The molecule has 156 valence electrons. The van der Waals surface area contributed by atoms with Gasteiger partial charge < -0.3 is 5.11 Å². The van der Waals surface area contributed by atoms with Crippen LogP contribution in [0.3, 0.4) is 0 Å². The first kappa shape index (κ1) is 19.6. The normalized spacial score (nSPS) is 19.0. The number of rotatable bonds is 4. The number of pyridine rings is 1. The van der Waals surface area contributed by atoms with Crippen LogP contribution in [0, 0.1) is 0 Å². The Balaban J connectivity index is 1.67. The van der Waals surface area contributed by atoms with Gasteiger partial charge in [-0.25, -0.2) is 4.98 Å². The highest BCUT2D eigenvalue weighted by Gasteiger charge is 2.26. The molecule has 2 atom stereocenters. The topological polar surface area (TPSA) is 68.0 Å². The summed E-state index contributed by atoms with van der Waals surface area (Å²) in [6.07, 6.45) is 8.86. The van der Waals surface area contributed by atoms with Crippen LogP contribution in [0.15, 0.2) is 66.4 Å². The molecule has 0 unspecified atom stereocenters. The van der Waals surface area contributed by atoms with E-state index in [2.05, 4.69) is 28.7 Å². The zero-order valence-corrected chi connectivity index (χ0v) is 17.4. The van der Waals surface area contributed by atoms with Crippen molar-refractivity contribution in [1.29, 1.82) is 0 Å². The van der Waals surface area contributed by atoms with Gasteiger partial charge in [0.05, 0.1) is 29.4 Å². The van der Waals surface area contributed by atoms with Gasteiger partial charge in [0.1, 0.15) is 5.52 Å². The molecule has 31 heavy (non-hydrogen) atoms. The Morgan fingerprint density at radius 3 is 2.61 bits per heavy atom. The van der Waals surface area contributed by atoms with Gasteiger partial charge in [0.2, 0.25) is 0 Å². The van der Waals surface area contributed by atoms with Gasteiger partial charge in [0.15, 0.2) is 0 Å². The number of fused-ring (bicyclic) bond motifs is 3. The van der Waals surface area contributed by atoms with Crippen molar-refractivity contribution >= 4 is 27.9 Å². The van der Waals surface area contributed by atoms with E-state index in [1.54, 1.807) is 17.1 Å². The molecule has 1 aliphatic carbocycles. The van der Waals surface area contributed by atoms with Crippen LogP contribution in [0.2, 0.25) is 0 Å². The molecular formula is C26H25N3O2. The largest absolute Gasteiger partial charge is 0.391 e. The SMILES string of the molecule is C=Cc1ccc(Cc2cc3c(=O)n([C@H]4CCCC[C@@H]4O)cnc3c3ncccc23)cc1. The summed E-state index contributed by atoms with van der Waals surface area (Å²) in [6, 6.07) is 14.0. The third-order valence-corrected chi connectivity index (χ3v) is 6.39. The minimum atomic E-state index is -0.507. The van der Waals surface area contributed by atoms with E-state index in [0.29, 0.717) is 17.3 Å². The molecule has 2 aromatic heterocycles. The van der Waals surface area contributed by atoms with Gasteiger partial charge in [-0.3, -0.25) is 14.3 Å². The highest BCUT2D eigenvalue weighted by molar-refractivity contribution is 6.04. The molecule has 0 bridgehead atoms. The van der Waals surface area contributed by atoms with E-state index < -0.39 is 6.10 Å². The molecule has 0 radical (unpaired) electrons. The summed E-state index contributed by atoms with van der Waals surface area (Å²) in [6.45, 7) is 3.81. The van der Waals surface area contributed by atoms with Gasteiger partial charge in [-0.05, 0) is 48.1 Å². The summed E-state index contributed by atoms with van der Waals surface area (Å²) in [5.74, 6) is 0. The monoisotopic (exact) mass is 411 g/mol. The van der Waals surface area contributed by atoms with Crippen LogP contribution in [0.1, 0.15) is 48.4 Å². The average molecular weight is 412 g/mol. The Morgan fingerprint density at radius 2 is 1.84 bits per heavy atom. The lowest BCUT2D eigenvalue weighted by Gasteiger charge is -2.29. The number of hydrogen-bond acceptors (Lipinski definition) is 4. The number of hydrogen-bond donors (Lipinski definition) is 1. The van der Waals surface area contributed by atoms with E-state index in [4.69, 9.17) is 0 Å². The van der Waals surface area contributed by atoms with Crippen molar-refractivity contribution in [2.24, 2.45) is 0 Å². The molecule has 1 aliphatic rings. The first-order chi connectivity index (χ1) is 15.2. The number of aromatic nitrogens is 3. The number of nitrogens with zero attached hydrogens (tertiary/aromatic N) is 3. The second-order valence-corrected chi connectivity index (χ2v) is 8.33. The number of benzene rings is 2. The molecule has 1 fully saturated rings. The summed E-state index contributed by atoms with van der Waals surface area (Å²) < 4.78 is 1.63. The molecular weight excluding hydrogens is 386 g/mol. The standard InChI is InChI=1S/C26H25N3O2/c1-2-17-9-11-18(12-10-17)14-19-15-21-25(24-20(19)6-5-13-27-24)28-16-29(26(21)31)22-7-3-4-8-23(22)30/h2,5-6,9-13,15-16,22-23,30H,1,3-4,7-8,14H2/t22-,23-/m0/s1. The predicted molar refractivity (Wildman–Crippen MR) is 124 cm³/mol. The smallest absolute Gasteiger partial charge is 0.261 e. The highest BCUT2D eigenvalue weighted by atomic mass is 16.3. The first-order valence-electron chi connectivity index (χ1n) is 10.8. The van der Waals surface area contributed by atoms with Crippen molar-refractivity contribution in [3.05, 3.63) is 88.6 Å². The lowest BCUT2D eigenvalue weighted by Crippen LogP contribution is -2.34. The molecule has 1 saturated carbocycles. The maximum atomic E-state index is 13.5. The maximum absolute atomic E-state index is 13.5. The fourth-order valence-electron chi connectivity index (χ4n) is 4.70. The van der Waals surface area contributed by atoms with Crippen LogP contribution in [-0.2, 0) is 6.42 Å². The third kappa shape index (κ3) is 3.55. The van der Waals surface area contributed by atoms with E-state index in [9.17, 15) is 9.90 Å². The van der Waals surface area contributed by atoms with Crippen LogP contribution < -0.4 is 5.56 Å². The highest BCUT2D eigenvalue weighted by Crippen LogP contribution is 2.30. The van der Waals surface area contributed by atoms with Crippen molar-refractivity contribution < 1.29 is 5.11 Å². The van der Waals surface area contributed by atoms with Gasteiger partial charge in [-0.15, -0.1) is 0 Å². The zero-order valence-electron chi connectivity index (χ0n) is 17.4. The molecule has 5 nitrogen and oxygen atoms in total. The molecule has 5 heteroatoms. The van der Waals surface area contributed by atoms with E-state index in [-0.39, 0.29) is 11.6 Å². The Kier molecular flexibility index (Phi) is 5.12. The Hall–Kier alpha value is -3.31. The van der Waals surface area contributed by atoms with E-state index in [1.165, 1.54) is 0 Å². The molecule has 0 spiro atoms. The first-order valence-corrected chi connectivity index (χ1v) is 10.8. The van der Waals surface area contributed by atoms with E-state index >= 15 is 0 Å². The molecule has 4 aromatic rings. The van der Waals surface area contributed by atoms with Gasteiger partial charge in [-0.1, -0.05) is 55.8 Å². The molecule has 1 N–H and O–H groups in total. The summed E-state index contributed by atoms with van der Waals surface area (Å²) >= 11 is 0. The summed E-state index contributed by atoms with van der Waals surface area (Å²) in [4.78, 5) is 22.7. The van der Waals surface area contributed by atoms with Crippen LogP contribution in [0.5, 0.6) is 0 Å². The second-order valence-electron chi connectivity index (χ2n) is 8.33. The molecule has 2 aromatic carbocycles. The molecule has 0 aliphatic heterocycles. The van der Waals surface area contributed by atoms with Gasteiger partial charge >= 0.3 is 0 Å². The third-order valence-electron chi connectivity index (χ3n) is 6.39. The van der Waals surface area contributed by atoms with Crippen LogP contribution in [-0.4, -0.2) is 25.7 Å². The van der Waals surface area contributed by atoms with E-state index in [1.807, 2.05) is 36.4 Å². The quantitative estimate of drug-likeness (QED) is 0.496. The molecule has 0 amide bonds. The lowest BCUT2D eigenvalue weighted by atomic mass is 9.92. The maximum Gasteiger partial charge on any atom is 0.261 e. The Bertz CT molecular complexity index is 1320. The van der Waals surface area contributed by atoms with Crippen molar-refractivity contribution in [2.45, 2.75) is 44.2 Å². The Morgan fingerprint density at radius 1 is 1.06 bits per heavy atom. The van der Waals surface area contributed by atoms with Crippen molar-refractivity contribution in [1.82, 2.24) is 14.5 Å². The van der Waals surface area contributed by atoms with Crippen molar-refractivity contribution in [3.63, 3.8) is 0 Å². The summed E-state index contributed by atoms with van der Waals surface area (Å²) in [5, 5.41) is 12.0. The Labute approximate surface area is 180 Å². The van der Waals surface area contributed by atoms with E-state index in [0.717, 1.165) is 53.3 Å². The van der Waals surface area contributed by atoms with Crippen molar-refractivity contribution in [3.8, 4) is 0 Å². The number of aliphatic hydroxyl groups excluding tert-OH is 1. The van der Waals surface area contributed by atoms with Gasteiger partial charge in [0.25, 0.3) is 5.56 Å². The summed E-state index contributed by atoms with van der Waals surface area (Å²) in [5.41, 5.74) is 4.53. The minimum absolute atomic E-state index is 0.105. The van der Waals surface area contributed by atoms with Crippen LogP contribution in [0.4, 0.5) is 0 Å². The van der Waals surface area contributed by atoms with Gasteiger partial charge in [-0.2, -0.15) is 0 Å². The van der Waals surface area contributed by atoms with Crippen LogP contribution >= 0.6 is 0 Å².